The molecule has 0 aromatic rings. The van der Waals surface area contributed by atoms with Crippen LogP contribution in [0.2, 0.25) is 0 Å². The predicted octanol–water partition coefficient (Wildman–Crippen LogP) is 1.23. The van der Waals surface area contributed by atoms with Crippen molar-refractivity contribution in [2.45, 2.75) is 33.1 Å². The summed E-state index contributed by atoms with van der Waals surface area (Å²) < 4.78 is 0. The molecule has 13 heavy (non-hydrogen) atoms. The van der Waals surface area contributed by atoms with Gasteiger partial charge in [0.1, 0.15) is 0 Å². The molecule has 0 radical (unpaired) electrons. The van der Waals surface area contributed by atoms with Crippen LogP contribution < -0.4 is 5.73 Å². The highest BCUT2D eigenvalue weighted by atomic mass is 16.4. The van der Waals surface area contributed by atoms with Gasteiger partial charge >= 0.3 is 5.97 Å². The Morgan fingerprint density at radius 1 is 1.46 bits per heavy atom. The number of hydrogen-bond acceptors (Lipinski definition) is 2. The van der Waals surface area contributed by atoms with Crippen LogP contribution >= 0.6 is 0 Å². The first kappa shape index (κ1) is 9.00. The quantitative estimate of drug-likeness (QED) is 0.676. The van der Waals surface area contributed by atoms with Crippen LogP contribution in [0.4, 0.5) is 0 Å². The predicted molar refractivity (Wildman–Crippen MR) is 49.2 cm³/mol. The van der Waals surface area contributed by atoms with Gasteiger partial charge in [0, 0.05) is 0 Å². The van der Waals surface area contributed by atoms with Crippen molar-refractivity contribution in [3.05, 3.63) is 0 Å². The smallest absolute Gasteiger partial charge is 0.310 e. The number of fused-ring (bicyclic) bond motifs is 1. The second-order valence-electron chi connectivity index (χ2n) is 5.17. The van der Waals surface area contributed by atoms with Crippen molar-refractivity contribution in [2.24, 2.45) is 22.0 Å². The zero-order valence-corrected chi connectivity index (χ0v) is 8.26. The molecule has 3 fully saturated rings. The maximum absolute atomic E-state index is 11.2. The van der Waals surface area contributed by atoms with Gasteiger partial charge in [0.25, 0.3) is 0 Å². The Kier molecular flexibility index (Phi) is 1.44. The lowest BCUT2D eigenvalue weighted by atomic mass is 9.43. The molecule has 0 heterocycles. The van der Waals surface area contributed by atoms with Gasteiger partial charge < -0.3 is 10.8 Å². The van der Waals surface area contributed by atoms with Crippen molar-refractivity contribution in [2.75, 3.05) is 6.54 Å². The van der Waals surface area contributed by atoms with E-state index in [0.717, 1.165) is 19.3 Å². The number of carboxylic acids is 1. The first-order valence-corrected chi connectivity index (χ1v) is 4.85. The molecule has 2 bridgehead atoms. The van der Waals surface area contributed by atoms with Crippen LogP contribution in [0, 0.1) is 16.2 Å². The molecule has 0 aromatic carbocycles. The van der Waals surface area contributed by atoms with Crippen molar-refractivity contribution in [3.63, 3.8) is 0 Å². The highest BCUT2D eigenvalue weighted by Crippen LogP contribution is 2.77. The van der Waals surface area contributed by atoms with Crippen LogP contribution in [0.3, 0.4) is 0 Å². The number of aliphatic carboxylic acids is 1. The Morgan fingerprint density at radius 2 is 2.08 bits per heavy atom. The van der Waals surface area contributed by atoms with Gasteiger partial charge in [-0.1, -0.05) is 13.8 Å². The van der Waals surface area contributed by atoms with Crippen LogP contribution in [-0.2, 0) is 4.79 Å². The second-order valence-corrected chi connectivity index (χ2v) is 5.17. The van der Waals surface area contributed by atoms with E-state index in [2.05, 4.69) is 13.8 Å². The van der Waals surface area contributed by atoms with E-state index in [1.54, 1.807) is 0 Å². The maximum atomic E-state index is 11.2. The molecule has 3 aliphatic rings. The van der Waals surface area contributed by atoms with Gasteiger partial charge in [0.15, 0.2) is 0 Å². The molecule has 0 unspecified atom stereocenters. The van der Waals surface area contributed by atoms with Gasteiger partial charge in [-0.2, -0.15) is 0 Å². The van der Waals surface area contributed by atoms with Gasteiger partial charge in [-0.25, -0.2) is 0 Å². The lowest BCUT2D eigenvalue weighted by molar-refractivity contribution is -0.185. The summed E-state index contributed by atoms with van der Waals surface area (Å²) in [7, 11) is 0. The van der Waals surface area contributed by atoms with Crippen molar-refractivity contribution in [1.82, 2.24) is 0 Å². The summed E-state index contributed by atoms with van der Waals surface area (Å²) in [6, 6.07) is 0. The van der Waals surface area contributed by atoms with Crippen LogP contribution in [0.1, 0.15) is 33.1 Å². The first-order valence-electron chi connectivity index (χ1n) is 4.85. The SMILES string of the molecule is CC1(C)[C@]2(CN)CC[C@@]1(C(=O)O)C2. The van der Waals surface area contributed by atoms with Crippen molar-refractivity contribution >= 4 is 5.97 Å². The van der Waals surface area contributed by atoms with E-state index in [9.17, 15) is 9.90 Å². The largest absolute Gasteiger partial charge is 0.481 e. The molecule has 0 aromatic heterocycles. The Hall–Kier alpha value is -0.570. The summed E-state index contributed by atoms with van der Waals surface area (Å²) in [4.78, 5) is 11.2. The van der Waals surface area contributed by atoms with Gasteiger partial charge in [0.05, 0.1) is 5.41 Å². The molecule has 3 heteroatoms. The average Bonchev–Trinajstić information content (AvgIpc) is 2.55. The molecule has 3 aliphatic carbocycles. The fourth-order valence-corrected chi connectivity index (χ4v) is 3.55. The maximum Gasteiger partial charge on any atom is 0.310 e. The zero-order valence-electron chi connectivity index (χ0n) is 8.26. The van der Waals surface area contributed by atoms with Gasteiger partial charge in [-0.3, -0.25) is 4.79 Å². The van der Waals surface area contributed by atoms with Crippen molar-refractivity contribution in [1.29, 1.82) is 0 Å². The fourth-order valence-electron chi connectivity index (χ4n) is 3.55. The Morgan fingerprint density at radius 3 is 2.31 bits per heavy atom. The van der Waals surface area contributed by atoms with Crippen LogP contribution in [0.25, 0.3) is 0 Å². The van der Waals surface area contributed by atoms with E-state index in [4.69, 9.17) is 5.73 Å². The molecular weight excluding hydrogens is 166 g/mol. The average molecular weight is 183 g/mol. The number of hydrogen-bond donors (Lipinski definition) is 2. The minimum Gasteiger partial charge on any atom is -0.481 e. The second kappa shape index (κ2) is 2.08. The zero-order chi connectivity index (χ0) is 9.91. The van der Waals surface area contributed by atoms with Gasteiger partial charge in [0.2, 0.25) is 0 Å². The normalized spacial score (nSPS) is 45.8. The van der Waals surface area contributed by atoms with E-state index in [-0.39, 0.29) is 10.8 Å². The molecule has 2 atom stereocenters. The van der Waals surface area contributed by atoms with E-state index in [0.29, 0.717) is 6.54 Å². The molecule has 0 aliphatic heterocycles. The summed E-state index contributed by atoms with van der Waals surface area (Å²) in [6.45, 7) is 4.75. The molecule has 74 valence electrons. The van der Waals surface area contributed by atoms with Crippen LogP contribution in [0.5, 0.6) is 0 Å². The molecule has 3 saturated carbocycles. The number of carboxylic acid groups (broad SMARTS) is 1. The monoisotopic (exact) mass is 183 g/mol. The molecule has 3 nitrogen and oxygen atoms in total. The minimum atomic E-state index is -0.626. The van der Waals surface area contributed by atoms with Crippen LogP contribution in [0.15, 0.2) is 0 Å². The molecule has 0 amide bonds. The molecule has 0 saturated heterocycles. The third-order valence-electron chi connectivity index (χ3n) is 4.99. The summed E-state index contributed by atoms with van der Waals surface area (Å²) in [5, 5.41) is 9.22. The van der Waals surface area contributed by atoms with Gasteiger partial charge in [-0.05, 0) is 36.6 Å². The fraction of sp³-hybridized carbons (Fsp3) is 0.900. The molecular formula is C10H17NO2. The van der Waals surface area contributed by atoms with E-state index < -0.39 is 11.4 Å². The highest BCUT2D eigenvalue weighted by Gasteiger charge is 2.76. The minimum absolute atomic E-state index is 0.111. The number of nitrogens with two attached hydrogens (primary N) is 1. The molecule has 3 rings (SSSR count). The standard InChI is InChI=1S/C10H17NO2/c1-8(2)9(6-11)3-4-10(8,5-9)7(12)13/h3-6,11H2,1-2H3,(H,12,13)/t9-,10+/m1/s1. The summed E-state index contributed by atoms with van der Waals surface area (Å²) in [5.74, 6) is -0.626. The van der Waals surface area contributed by atoms with Crippen molar-refractivity contribution in [3.8, 4) is 0 Å². The summed E-state index contributed by atoms with van der Waals surface area (Å²) in [5.41, 5.74) is 5.29. The number of rotatable bonds is 2. The third kappa shape index (κ3) is 0.654. The lowest BCUT2D eigenvalue weighted by Crippen LogP contribution is -2.62. The van der Waals surface area contributed by atoms with E-state index in [1.165, 1.54) is 0 Å². The summed E-state index contributed by atoms with van der Waals surface area (Å²) in [6.07, 6.45) is 2.59. The Bertz CT molecular complexity index is 274. The Labute approximate surface area is 78.3 Å². The van der Waals surface area contributed by atoms with Crippen LogP contribution in [-0.4, -0.2) is 17.6 Å². The topological polar surface area (TPSA) is 63.3 Å². The highest BCUT2D eigenvalue weighted by molar-refractivity contribution is 5.79. The first-order chi connectivity index (χ1) is 5.92. The molecule has 0 spiro atoms. The third-order valence-corrected chi connectivity index (χ3v) is 4.99. The van der Waals surface area contributed by atoms with E-state index >= 15 is 0 Å². The van der Waals surface area contributed by atoms with Crippen molar-refractivity contribution < 1.29 is 9.90 Å². The number of carbonyl (C=O) groups is 1. The lowest BCUT2D eigenvalue weighted by Gasteiger charge is -2.60. The van der Waals surface area contributed by atoms with E-state index in [1.807, 2.05) is 0 Å². The molecule has 3 N–H and O–H groups in total. The van der Waals surface area contributed by atoms with Gasteiger partial charge in [-0.15, -0.1) is 0 Å². The summed E-state index contributed by atoms with van der Waals surface area (Å²) >= 11 is 0. The Balaban J connectivity index is 2.38.